The molecule has 1 aliphatic carbocycles. The van der Waals surface area contributed by atoms with Crippen LogP contribution in [0.5, 0.6) is 0 Å². The fourth-order valence-corrected chi connectivity index (χ4v) is 3.29. The molecule has 1 aromatic carbocycles. The van der Waals surface area contributed by atoms with Crippen molar-refractivity contribution in [3.8, 4) is 5.69 Å². The van der Waals surface area contributed by atoms with Crippen molar-refractivity contribution < 1.29 is 13.2 Å². The van der Waals surface area contributed by atoms with Gasteiger partial charge < -0.3 is 4.57 Å². The normalized spacial score (nSPS) is 16.5. The van der Waals surface area contributed by atoms with Crippen LogP contribution in [0, 0.1) is 0 Å². The topological polar surface area (TPSA) is 46.5 Å². The maximum Gasteiger partial charge on any atom is 0.434 e. The van der Waals surface area contributed by atoms with E-state index in [4.69, 9.17) is 0 Å². The molecule has 7 heteroatoms. The number of hydrogen-bond donors (Lipinski definition) is 1. The predicted octanol–water partition coefficient (Wildman–Crippen LogP) is 4.43. The molecule has 0 spiro atoms. The van der Waals surface area contributed by atoms with Gasteiger partial charge in [0.25, 0.3) is 0 Å². The van der Waals surface area contributed by atoms with Gasteiger partial charge in [0.1, 0.15) is 5.82 Å². The zero-order chi connectivity index (χ0) is 16.0. The quantitative estimate of drug-likeness (QED) is 0.759. The summed E-state index contributed by atoms with van der Waals surface area (Å²) in [5, 5.41) is 7.66. The van der Waals surface area contributed by atoms with Crippen LogP contribution >= 0.6 is 0 Å². The summed E-state index contributed by atoms with van der Waals surface area (Å²) in [6.45, 7) is 0. The van der Waals surface area contributed by atoms with E-state index in [0.717, 1.165) is 42.8 Å². The molecule has 4 nitrogen and oxygen atoms in total. The van der Waals surface area contributed by atoms with Gasteiger partial charge in [0, 0.05) is 23.2 Å². The zero-order valence-corrected chi connectivity index (χ0v) is 12.3. The Hall–Kier alpha value is -2.31. The number of hydrogen-bond acceptors (Lipinski definition) is 2. The number of halogens is 3. The molecule has 1 fully saturated rings. The fraction of sp³-hybridized carbons (Fsp3) is 0.375. The van der Waals surface area contributed by atoms with E-state index in [2.05, 4.69) is 15.2 Å². The average molecular weight is 320 g/mol. The summed E-state index contributed by atoms with van der Waals surface area (Å²) >= 11 is 0. The number of H-pyrrole nitrogens is 1. The van der Waals surface area contributed by atoms with E-state index >= 15 is 0 Å². The smallest absolute Gasteiger partial charge is 0.303 e. The predicted molar refractivity (Wildman–Crippen MR) is 79.4 cm³/mol. The van der Waals surface area contributed by atoms with Gasteiger partial charge in [-0.1, -0.05) is 12.8 Å². The molecule has 2 aromatic heterocycles. The Labute approximate surface area is 130 Å². The van der Waals surface area contributed by atoms with Crippen LogP contribution in [0.3, 0.4) is 0 Å². The highest BCUT2D eigenvalue weighted by molar-refractivity contribution is 5.80. The third kappa shape index (κ3) is 2.50. The number of alkyl halides is 3. The number of nitrogens with zero attached hydrogens (tertiary/aromatic N) is 3. The van der Waals surface area contributed by atoms with E-state index in [1.807, 2.05) is 12.1 Å². The lowest BCUT2D eigenvalue weighted by Crippen LogP contribution is -2.06. The van der Waals surface area contributed by atoms with Gasteiger partial charge in [-0.25, -0.2) is 4.98 Å². The van der Waals surface area contributed by atoms with Crippen LogP contribution in [0.4, 0.5) is 13.2 Å². The van der Waals surface area contributed by atoms with Crippen LogP contribution in [-0.4, -0.2) is 19.7 Å². The van der Waals surface area contributed by atoms with Gasteiger partial charge in [0.15, 0.2) is 5.69 Å². The molecule has 0 unspecified atom stereocenters. The van der Waals surface area contributed by atoms with Gasteiger partial charge in [-0.2, -0.15) is 18.3 Å². The first-order chi connectivity index (χ1) is 11.0. The summed E-state index contributed by atoms with van der Waals surface area (Å²) in [4.78, 5) is 3.92. The number of rotatable bonds is 2. The van der Waals surface area contributed by atoms with Crippen molar-refractivity contribution in [2.45, 2.75) is 37.8 Å². The molecular formula is C16H15F3N4. The fourth-order valence-electron chi connectivity index (χ4n) is 3.29. The number of benzene rings is 1. The van der Waals surface area contributed by atoms with Crippen molar-refractivity contribution in [1.29, 1.82) is 0 Å². The third-order valence-electron chi connectivity index (χ3n) is 4.45. The molecule has 4 rings (SSSR count). The number of imidazole rings is 1. The average Bonchev–Trinajstić information content (AvgIpc) is 3.24. The van der Waals surface area contributed by atoms with E-state index in [1.165, 1.54) is 0 Å². The number of nitrogens with one attached hydrogen (secondary N) is 1. The molecular weight excluding hydrogens is 305 g/mol. The van der Waals surface area contributed by atoms with E-state index in [-0.39, 0.29) is 5.92 Å². The molecule has 1 N–H and O–H groups in total. The first kappa shape index (κ1) is 14.3. The molecule has 0 aliphatic heterocycles. The summed E-state index contributed by atoms with van der Waals surface area (Å²) in [7, 11) is 0. The van der Waals surface area contributed by atoms with Gasteiger partial charge in [-0.05, 0) is 31.0 Å². The summed E-state index contributed by atoms with van der Waals surface area (Å²) in [5.74, 6) is 0.601. The Morgan fingerprint density at radius 1 is 1.17 bits per heavy atom. The minimum Gasteiger partial charge on any atom is -0.303 e. The monoisotopic (exact) mass is 320 g/mol. The molecule has 120 valence electrons. The van der Waals surface area contributed by atoms with Crippen LogP contribution < -0.4 is 0 Å². The van der Waals surface area contributed by atoms with Gasteiger partial charge in [0.2, 0.25) is 0 Å². The van der Waals surface area contributed by atoms with Crippen molar-refractivity contribution in [2.24, 2.45) is 0 Å². The molecule has 0 saturated heterocycles. The van der Waals surface area contributed by atoms with Crippen LogP contribution in [-0.2, 0) is 6.18 Å². The second-order valence-electron chi connectivity index (χ2n) is 5.98. The summed E-state index contributed by atoms with van der Waals surface area (Å²) in [6.07, 6.45) is 2.20. The first-order valence-corrected chi connectivity index (χ1v) is 7.62. The molecule has 0 radical (unpaired) electrons. The van der Waals surface area contributed by atoms with Crippen molar-refractivity contribution in [1.82, 2.24) is 19.7 Å². The second kappa shape index (κ2) is 5.11. The van der Waals surface area contributed by atoms with Gasteiger partial charge in [0.05, 0.1) is 11.7 Å². The minimum atomic E-state index is -4.43. The van der Waals surface area contributed by atoms with Gasteiger partial charge in [-0.15, -0.1) is 0 Å². The summed E-state index contributed by atoms with van der Waals surface area (Å²) in [5.41, 5.74) is 0.711. The summed E-state index contributed by atoms with van der Waals surface area (Å²) in [6, 6.07) is 5.45. The number of aromatic nitrogens is 4. The summed E-state index contributed by atoms with van der Waals surface area (Å²) < 4.78 is 40.9. The van der Waals surface area contributed by atoms with Crippen molar-refractivity contribution in [3.05, 3.63) is 42.1 Å². The molecule has 0 atom stereocenters. The van der Waals surface area contributed by atoms with Crippen molar-refractivity contribution in [3.63, 3.8) is 0 Å². The molecule has 3 aromatic rings. The van der Waals surface area contributed by atoms with Gasteiger partial charge >= 0.3 is 6.18 Å². The Bertz CT molecular complexity index is 840. The van der Waals surface area contributed by atoms with Crippen LogP contribution in [0.2, 0.25) is 0 Å². The highest BCUT2D eigenvalue weighted by Gasteiger charge is 2.36. The molecule has 2 heterocycles. The largest absolute Gasteiger partial charge is 0.434 e. The van der Waals surface area contributed by atoms with Crippen LogP contribution in [0.15, 0.2) is 30.6 Å². The Morgan fingerprint density at radius 3 is 2.70 bits per heavy atom. The Kier molecular flexibility index (Phi) is 3.18. The standard InChI is InChI=1S/C16H15F3N4/c17-16(18,19)14-9-23(15(21-14)10-3-1-2-4-10)12-5-6-13-11(7-12)8-20-22-13/h5-10H,1-4H2,(H,20,22). The maximum atomic E-state index is 13.1. The molecule has 1 aliphatic rings. The SMILES string of the molecule is FC(F)(F)c1cn(-c2ccc3[nH]ncc3c2)c(C2CCCC2)n1. The van der Waals surface area contributed by atoms with Crippen molar-refractivity contribution in [2.75, 3.05) is 0 Å². The molecule has 1 saturated carbocycles. The van der Waals surface area contributed by atoms with E-state index in [0.29, 0.717) is 11.5 Å². The second-order valence-corrected chi connectivity index (χ2v) is 5.98. The Morgan fingerprint density at radius 2 is 1.96 bits per heavy atom. The molecule has 23 heavy (non-hydrogen) atoms. The maximum absolute atomic E-state index is 13.1. The Balaban J connectivity index is 1.86. The van der Waals surface area contributed by atoms with E-state index in [1.54, 1.807) is 16.8 Å². The van der Waals surface area contributed by atoms with Crippen LogP contribution in [0.1, 0.15) is 43.1 Å². The number of fused-ring (bicyclic) bond motifs is 1. The molecule has 0 amide bonds. The first-order valence-electron chi connectivity index (χ1n) is 7.62. The molecule has 0 bridgehead atoms. The number of aromatic amines is 1. The third-order valence-corrected chi connectivity index (χ3v) is 4.45. The minimum absolute atomic E-state index is 0.0890. The van der Waals surface area contributed by atoms with Crippen LogP contribution in [0.25, 0.3) is 16.6 Å². The zero-order valence-electron chi connectivity index (χ0n) is 12.3. The van der Waals surface area contributed by atoms with E-state index < -0.39 is 11.9 Å². The van der Waals surface area contributed by atoms with E-state index in [9.17, 15) is 13.2 Å². The van der Waals surface area contributed by atoms with Gasteiger partial charge in [-0.3, -0.25) is 5.10 Å². The lowest BCUT2D eigenvalue weighted by atomic mass is 10.1. The highest BCUT2D eigenvalue weighted by Crippen LogP contribution is 2.37. The van der Waals surface area contributed by atoms with Crippen molar-refractivity contribution >= 4 is 10.9 Å². The lowest BCUT2D eigenvalue weighted by molar-refractivity contribution is -0.141. The lowest BCUT2D eigenvalue weighted by Gasteiger charge is -2.12. The highest BCUT2D eigenvalue weighted by atomic mass is 19.4.